The van der Waals surface area contributed by atoms with Crippen LogP contribution in [0.5, 0.6) is 0 Å². The Morgan fingerprint density at radius 1 is 1.47 bits per heavy atom. The number of nitrogens with two attached hydrogens (primary N) is 2. The molecular weight excluding hydrogens is 272 g/mol. The van der Waals surface area contributed by atoms with Crippen LogP contribution in [0.2, 0.25) is 0 Å². The number of aliphatic carboxylic acids is 1. The highest BCUT2D eigenvalue weighted by Crippen LogP contribution is 2.13. The molecule has 0 radical (unpaired) electrons. The second kappa shape index (κ2) is 6.71. The van der Waals surface area contributed by atoms with Gasteiger partial charge in [-0.3, -0.25) is 9.79 Å². The van der Waals surface area contributed by atoms with Crippen molar-refractivity contribution in [2.75, 3.05) is 18.1 Å². The van der Waals surface area contributed by atoms with Gasteiger partial charge in [-0.25, -0.2) is 8.42 Å². The number of guanidine groups is 1. The van der Waals surface area contributed by atoms with Crippen LogP contribution < -0.4 is 16.8 Å². The molecule has 19 heavy (non-hydrogen) atoms. The van der Waals surface area contributed by atoms with Crippen LogP contribution >= 0.6 is 0 Å². The van der Waals surface area contributed by atoms with E-state index in [2.05, 4.69) is 10.3 Å². The third-order valence-electron chi connectivity index (χ3n) is 2.91. The summed E-state index contributed by atoms with van der Waals surface area (Å²) in [5.41, 5.74) is 10.3. The van der Waals surface area contributed by atoms with Crippen molar-refractivity contribution in [1.29, 1.82) is 0 Å². The summed E-state index contributed by atoms with van der Waals surface area (Å²) in [4.78, 5) is 14.8. The van der Waals surface area contributed by atoms with Gasteiger partial charge in [0.15, 0.2) is 15.8 Å². The average Bonchev–Trinajstić information content (AvgIpc) is 2.62. The minimum absolute atomic E-state index is 0.00464. The fraction of sp³-hybridized carbons (Fsp3) is 0.800. The van der Waals surface area contributed by atoms with Crippen molar-refractivity contribution < 1.29 is 18.3 Å². The van der Waals surface area contributed by atoms with Crippen molar-refractivity contribution in [2.45, 2.75) is 31.3 Å². The van der Waals surface area contributed by atoms with E-state index in [9.17, 15) is 13.2 Å². The molecule has 0 aromatic heterocycles. The number of carboxylic acid groups (broad SMARTS) is 1. The van der Waals surface area contributed by atoms with E-state index < -0.39 is 21.8 Å². The van der Waals surface area contributed by atoms with Crippen molar-refractivity contribution in [3.05, 3.63) is 0 Å². The van der Waals surface area contributed by atoms with E-state index in [1.165, 1.54) is 0 Å². The molecule has 9 heteroatoms. The highest BCUT2D eigenvalue weighted by molar-refractivity contribution is 7.91. The molecule has 2 atom stereocenters. The second-order valence-electron chi connectivity index (χ2n) is 4.61. The van der Waals surface area contributed by atoms with Gasteiger partial charge in [0.1, 0.15) is 6.04 Å². The van der Waals surface area contributed by atoms with Gasteiger partial charge in [0.05, 0.1) is 11.5 Å². The monoisotopic (exact) mass is 292 g/mol. The molecule has 1 aliphatic rings. The zero-order valence-electron chi connectivity index (χ0n) is 10.6. The van der Waals surface area contributed by atoms with Gasteiger partial charge >= 0.3 is 5.97 Å². The summed E-state index contributed by atoms with van der Waals surface area (Å²) in [6, 6.07) is -1.05. The first-order valence-electron chi connectivity index (χ1n) is 6.05. The number of carbonyl (C=O) groups is 1. The molecule has 0 aliphatic carbocycles. The molecule has 1 heterocycles. The standard InChI is InChI=1S/C10H20N4O4S/c11-10(12)13-4-1-2-8(9(15)16)14-7-3-5-19(17,18)6-7/h7-8,14H,1-6H2,(H,15,16)(H4,11,12,13). The Bertz CT molecular complexity index is 444. The van der Waals surface area contributed by atoms with Gasteiger partial charge in [0.2, 0.25) is 0 Å². The van der Waals surface area contributed by atoms with Crippen LogP contribution in [0.1, 0.15) is 19.3 Å². The van der Waals surface area contributed by atoms with Gasteiger partial charge < -0.3 is 21.9 Å². The maximum absolute atomic E-state index is 11.3. The van der Waals surface area contributed by atoms with E-state index in [1.54, 1.807) is 0 Å². The molecule has 1 rings (SSSR count). The van der Waals surface area contributed by atoms with E-state index in [0.717, 1.165) is 0 Å². The summed E-state index contributed by atoms with van der Waals surface area (Å²) >= 11 is 0. The Kier molecular flexibility index (Phi) is 5.55. The predicted molar refractivity (Wildman–Crippen MR) is 71.5 cm³/mol. The van der Waals surface area contributed by atoms with E-state index in [1.807, 2.05) is 0 Å². The Hall–Kier alpha value is -1.35. The topological polar surface area (TPSA) is 148 Å². The lowest BCUT2D eigenvalue weighted by Crippen LogP contribution is -2.44. The first-order valence-corrected chi connectivity index (χ1v) is 7.87. The number of aliphatic imine (C=N–C) groups is 1. The molecule has 6 N–H and O–H groups in total. The second-order valence-corrected chi connectivity index (χ2v) is 6.83. The van der Waals surface area contributed by atoms with E-state index in [4.69, 9.17) is 16.6 Å². The van der Waals surface area contributed by atoms with Gasteiger partial charge in [-0.15, -0.1) is 0 Å². The third-order valence-corrected chi connectivity index (χ3v) is 4.68. The summed E-state index contributed by atoms with van der Waals surface area (Å²) in [5.74, 6) is -0.897. The first-order chi connectivity index (χ1) is 8.80. The van der Waals surface area contributed by atoms with Crippen LogP contribution in [0.15, 0.2) is 4.99 Å². The summed E-state index contributed by atoms with van der Waals surface area (Å²) < 4.78 is 22.6. The number of carboxylic acids is 1. The van der Waals surface area contributed by atoms with Crippen molar-refractivity contribution in [1.82, 2.24) is 5.32 Å². The smallest absolute Gasteiger partial charge is 0.320 e. The quantitative estimate of drug-likeness (QED) is 0.247. The van der Waals surface area contributed by atoms with Crippen LogP contribution in [-0.4, -0.2) is 55.6 Å². The highest BCUT2D eigenvalue weighted by atomic mass is 32.2. The molecular formula is C10H20N4O4S. The van der Waals surface area contributed by atoms with Crippen LogP contribution in [0, 0.1) is 0 Å². The Morgan fingerprint density at radius 3 is 2.63 bits per heavy atom. The largest absolute Gasteiger partial charge is 0.480 e. The molecule has 0 spiro atoms. The molecule has 8 nitrogen and oxygen atoms in total. The van der Waals surface area contributed by atoms with Gasteiger partial charge in [-0.05, 0) is 19.3 Å². The number of nitrogens with one attached hydrogen (secondary N) is 1. The van der Waals surface area contributed by atoms with Crippen LogP contribution in [0.3, 0.4) is 0 Å². The minimum Gasteiger partial charge on any atom is -0.480 e. The lowest BCUT2D eigenvalue weighted by molar-refractivity contribution is -0.139. The van der Waals surface area contributed by atoms with E-state index >= 15 is 0 Å². The molecule has 1 aliphatic heterocycles. The number of sulfone groups is 1. The first kappa shape index (κ1) is 15.7. The zero-order chi connectivity index (χ0) is 14.5. The van der Waals surface area contributed by atoms with Crippen LogP contribution in [-0.2, 0) is 14.6 Å². The summed E-state index contributed by atoms with van der Waals surface area (Å²) in [6.07, 6.45) is 1.32. The Balaban J connectivity index is 2.41. The maximum atomic E-state index is 11.3. The molecule has 0 aromatic rings. The van der Waals surface area contributed by atoms with Gasteiger partial charge in [-0.2, -0.15) is 0 Å². The molecule has 1 fully saturated rings. The number of nitrogens with zero attached hydrogens (tertiary/aromatic N) is 1. The van der Waals surface area contributed by atoms with Crippen molar-refractivity contribution in [3.63, 3.8) is 0 Å². The van der Waals surface area contributed by atoms with Gasteiger partial charge in [-0.1, -0.05) is 0 Å². The van der Waals surface area contributed by atoms with Crippen LogP contribution in [0.4, 0.5) is 0 Å². The fourth-order valence-corrected chi connectivity index (χ4v) is 3.68. The SMILES string of the molecule is NC(N)=NCCCC(NC1CCS(=O)(=O)C1)C(=O)O. The van der Waals surface area contributed by atoms with Crippen molar-refractivity contribution >= 4 is 21.8 Å². The number of hydrogen-bond acceptors (Lipinski definition) is 5. The molecule has 0 aromatic carbocycles. The van der Waals surface area contributed by atoms with Gasteiger partial charge in [0.25, 0.3) is 0 Å². The molecule has 110 valence electrons. The zero-order valence-corrected chi connectivity index (χ0v) is 11.4. The summed E-state index contributed by atoms with van der Waals surface area (Å²) in [7, 11) is -3.01. The molecule has 1 saturated heterocycles. The number of rotatable bonds is 7. The Morgan fingerprint density at radius 2 is 2.16 bits per heavy atom. The summed E-state index contributed by atoms with van der Waals surface area (Å²) in [5, 5.41) is 11.9. The molecule has 0 amide bonds. The van der Waals surface area contributed by atoms with Crippen molar-refractivity contribution in [2.24, 2.45) is 16.5 Å². The molecule has 0 saturated carbocycles. The summed E-state index contributed by atoms with van der Waals surface area (Å²) in [6.45, 7) is 0.358. The Labute approximate surface area is 112 Å². The lowest BCUT2D eigenvalue weighted by atomic mass is 10.1. The lowest BCUT2D eigenvalue weighted by Gasteiger charge is -2.18. The normalized spacial score (nSPS) is 22.8. The fourth-order valence-electron chi connectivity index (χ4n) is 1.99. The third kappa shape index (κ3) is 5.88. The average molecular weight is 292 g/mol. The van der Waals surface area contributed by atoms with Crippen molar-refractivity contribution in [3.8, 4) is 0 Å². The molecule has 2 unspecified atom stereocenters. The van der Waals surface area contributed by atoms with E-state index in [0.29, 0.717) is 25.8 Å². The van der Waals surface area contributed by atoms with Crippen LogP contribution in [0.25, 0.3) is 0 Å². The highest BCUT2D eigenvalue weighted by Gasteiger charge is 2.30. The minimum atomic E-state index is -3.01. The number of hydrogen-bond donors (Lipinski definition) is 4. The maximum Gasteiger partial charge on any atom is 0.320 e. The molecule has 0 bridgehead atoms. The van der Waals surface area contributed by atoms with E-state index in [-0.39, 0.29) is 23.5 Å². The predicted octanol–water partition coefficient (Wildman–Crippen LogP) is -1.73. The van der Waals surface area contributed by atoms with Gasteiger partial charge in [0, 0.05) is 12.6 Å².